The summed E-state index contributed by atoms with van der Waals surface area (Å²) in [5, 5.41) is 13.7. The molecule has 0 atom stereocenters. The zero-order valence-corrected chi connectivity index (χ0v) is 10.6. The van der Waals surface area contributed by atoms with Crippen LogP contribution >= 0.6 is 0 Å². The maximum absolute atomic E-state index is 11.5. The fourth-order valence-electron chi connectivity index (χ4n) is 1.43. The predicted molar refractivity (Wildman–Crippen MR) is 70.3 cm³/mol. The standard InChI is InChI=1S/C12H15N3O5/c13-11(18)20-5-4-14-12(19)15-9-3-1-2-8(6-9)7-10(16)17/h1-3,6H,4-5,7H2,(H2,13,18)(H,16,17)(H2,14,15,19). The van der Waals surface area contributed by atoms with E-state index in [-0.39, 0.29) is 19.6 Å². The van der Waals surface area contributed by atoms with E-state index in [0.29, 0.717) is 11.3 Å². The largest absolute Gasteiger partial charge is 0.481 e. The molecule has 1 aromatic rings. The van der Waals surface area contributed by atoms with Crippen molar-refractivity contribution < 1.29 is 24.2 Å². The van der Waals surface area contributed by atoms with Crippen molar-refractivity contribution in [3.63, 3.8) is 0 Å². The highest BCUT2D eigenvalue weighted by molar-refractivity contribution is 5.89. The Morgan fingerprint density at radius 2 is 2.05 bits per heavy atom. The zero-order chi connectivity index (χ0) is 15.0. The number of ether oxygens (including phenoxy) is 1. The van der Waals surface area contributed by atoms with E-state index in [0.717, 1.165) is 0 Å². The second-order valence-electron chi connectivity index (χ2n) is 3.82. The minimum atomic E-state index is -0.949. The smallest absolute Gasteiger partial charge is 0.404 e. The van der Waals surface area contributed by atoms with Crippen LogP contribution in [0.25, 0.3) is 0 Å². The number of carbonyl (C=O) groups is 3. The molecule has 0 fully saturated rings. The number of benzene rings is 1. The first kappa shape index (κ1) is 15.3. The lowest BCUT2D eigenvalue weighted by Gasteiger charge is -2.08. The summed E-state index contributed by atoms with van der Waals surface area (Å²) in [5.41, 5.74) is 5.80. The van der Waals surface area contributed by atoms with Crippen LogP contribution in [0.15, 0.2) is 24.3 Å². The summed E-state index contributed by atoms with van der Waals surface area (Å²) in [4.78, 5) is 32.3. The molecule has 108 valence electrons. The third-order valence-corrected chi connectivity index (χ3v) is 2.17. The number of hydrogen-bond donors (Lipinski definition) is 4. The van der Waals surface area contributed by atoms with Crippen LogP contribution in [0.1, 0.15) is 5.56 Å². The van der Waals surface area contributed by atoms with E-state index in [4.69, 9.17) is 10.8 Å². The van der Waals surface area contributed by atoms with E-state index in [1.807, 2.05) is 0 Å². The zero-order valence-electron chi connectivity index (χ0n) is 10.6. The second-order valence-corrected chi connectivity index (χ2v) is 3.82. The van der Waals surface area contributed by atoms with Gasteiger partial charge in [-0.1, -0.05) is 12.1 Å². The first-order valence-corrected chi connectivity index (χ1v) is 5.75. The van der Waals surface area contributed by atoms with Gasteiger partial charge in [-0.2, -0.15) is 0 Å². The molecule has 0 radical (unpaired) electrons. The summed E-state index contributed by atoms with van der Waals surface area (Å²) in [6, 6.07) is 5.99. The number of hydrogen-bond acceptors (Lipinski definition) is 4. The minimum Gasteiger partial charge on any atom is -0.481 e. The number of primary amides is 1. The molecule has 3 amide bonds. The average molecular weight is 281 g/mol. The van der Waals surface area contributed by atoms with E-state index < -0.39 is 18.1 Å². The van der Waals surface area contributed by atoms with Crippen LogP contribution < -0.4 is 16.4 Å². The second kappa shape index (κ2) is 7.62. The first-order valence-electron chi connectivity index (χ1n) is 5.75. The number of carboxylic acids is 1. The van der Waals surface area contributed by atoms with Crippen LogP contribution in [0.2, 0.25) is 0 Å². The van der Waals surface area contributed by atoms with Gasteiger partial charge in [0.15, 0.2) is 0 Å². The minimum absolute atomic E-state index is 0.0260. The van der Waals surface area contributed by atoms with E-state index >= 15 is 0 Å². The van der Waals surface area contributed by atoms with Crippen molar-refractivity contribution in [2.45, 2.75) is 6.42 Å². The quantitative estimate of drug-likeness (QED) is 0.565. The van der Waals surface area contributed by atoms with Crippen molar-refractivity contribution in [2.75, 3.05) is 18.5 Å². The van der Waals surface area contributed by atoms with Gasteiger partial charge in [-0.3, -0.25) is 4.79 Å². The number of carbonyl (C=O) groups excluding carboxylic acids is 2. The van der Waals surface area contributed by atoms with Gasteiger partial charge in [0.05, 0.1) is 13.0 Å². The Kier molecular flexibility index (Phi) is 5.82. The van der Waals surface area contributed by atoms with Gasteiger partial charge >= 0.3 is 18.1 Å². The van der Waals surface area contributed by atoms with Crippen LogP contribution in [0.5, 0.6) is 0 Å². The van der Waals surface area contributed by atoms with Crippen molar-refractivity contribution in [1.29, 1.82) is 0 Å². The van der Waals surface area contributed by atoms with Crippen molar-refractivity contribution in [3.8, 4) is 0 Å². The lowest BCUT2D eigenvalue weighted by molar-refractivity contribution is -0.136. The van der Waals surface area contributed by atoms with Gasteiger partial charge < -0.3 is 26.2 Å². The molecule has 0 spiro atoms. The number of nitrogens with one attached hydrogen (secondary N) is 2. The molecule has 0 aliphatic carbocycles. The van der Waals surface area contributed by atoms with Gasteiger partial charge in [0.25, 0.3) is 0 Å². The Labute approximate surface area is 114 Å². The molecule has 5 N–H and O–H groups in total. The number of nitrogens with two attached hydrogens (primary N) is 1. The van der Waals surface area contributed by atoms with E-state index in [1.54, 1.807) is 24.3 Å². The van der Waals surface area contributed by atoms with Gasteiger partial charge in [-0.25, -0.2) is 9.59 Å². The fourth-order valence-corrected chi connectivity index (χ4v) is 1.43. The summed E-state index contributed by atoms with van der Waals surface area (Å²) < 4.78 is 4.44. The maximum atomic E-state index is 11.5. The molecule has 0 saturated heterocycles. The van der Waals surface area contributed by atoms with Crippen molar-refractivity contribution in [3.05, 3.63) is 29.8 Å². The Bertz CT molecular complexity index is 504. The summed E-state index contributed by atoms with van der Waals surface area (Å²) in [6.07, 6.45) is -1.03. The number of rotatable bonds is 6. The summed E-state index contributed by atoms with van der Waals surface area (Å²) in [6.45, 7) is 0.0887. The number of urea groups is 1. The average Bonchev–Trinajstić information content (AvgIpc) is 2.34. The molecule has 0 aliphatic heterocycles. The normalized spacial score (nSPS) is 9.60. The molecule has 0 aliphatic rings. The van der Waals surface area contributed by atoms with Gasteiger partial charge in [0.2, 0.25) is 0 Å². The van der Waals surface area contributed by atoms with Crippen LogP contribution in [0, 0.1) is 0 Å². The Morgan fingerprint density at radius 1 is 1.30 bits per heavy atom. The van der Waals surface area contributed by atoms with Gasteiger partial charge in [-0.15, -0.1) is 0 Å². The first-order chi connectivity index (χ1) is 9.47. The topological polar surface area (TPSA) is 131 Å². The lowest BCUT2D eigenvalue weighted by atomic mass is 10.1. The summed E-state index contributed by atoms with van der Waals surface area (Å²) in [5.74, 6) is -0.949. The van der Waals surface area contributed by atoms with Crippen LogP contribution in [0.3, 0.4) is 0 Å². The highest BCUT2D eigenvalue weighted by Crippen LogP contribution is 2.11. The van der Waals surface area contributed by atoms with Crippen molar-refractivity contribution >= 4 is 23.8 Å². The summed E-state index contributed by atoms with van der Waals surface area (Å²) >= 11 is 0. The molecule has 0 saturated carbocycles. The Morgan fingerprint density at radius 3 is 2.70 bits per heavy atom. The molecule has 0 bridgehead atoms. The van der Waals surface area contributed by atoms with Gasteiger partial charge in [0, 0.05) is 5.69 Å². The van der Waals surface area contributed by atoms with E-state index in [9.17, 15) is 14.4 Å². The number of anilines is 1. The molecule has 0 heterocycles. The van der Waals surface area contributed by atoms with Crippen molar-refractivity contribution in [2.24, 2.45) is 5.73 Å². The molecule has 8 heteroatoms. The SMILES string of the molecule is NC(=O)OCCNC(=O)Nc1cccc(CC(=O)O)c1. The number of carboxylic acid groups (broad SMARTS) is 1. The van der Waals surface area contributed by atoms with E-state index in [2.05, 4.69) is 15.4 Å². The molecule has 1 rings (SSSR count). The van der Waals surface area contributed by atoms with Crippen LogP contribution in [-0.4, -0.2) is 36.4 Å². The molecule has 20 heavy (non-hydrogen) atoms. The maximum Gasteiger partial charge on any atom is 0.404 e. The van der Waals surface area contributed by atoms with Crippen LogP contribution in [0.4, 0.5) is 15.3 Å². The van der Waals surface area contributed by atoms with Gasteiger partial charge in [0.1, 0.15) is 6.61 Å². The molecule has 0 unspecified atom stereocenters. The third-order valence-electron chi connectivity index (χ3n) is 2.17. The molecule has 0 aromatic heterocycles. The highest BCUT2D eigenvalue weighted by Gasteiger charge is 2.04. The molecule has 8 nitrogen and oxygen atoms in total. The Balaban J connectivity index is 2.41. The summed E-state index contributed by atoms with van der Waals surface area (Å²) in [7, 11) is 0. The molecular formula is C12H15N3O5. The van der Waals surface area contributed by atoms with E-state index in [1.165, 1.54) is 0 Å². The number of aliphatic carboxylic acids is 1. The fraction of sp³-hybridized carbons (Fsp3) is 0.250. The monoisotopic (exact) mass is 281 g/mol. The van der Waals surface area contributed by atoms with Crippen LogP contribution in [-0.2, 0) is 16.0 Å². The highest BCUT2D eigenvalue weighted by atomic mass is 16.5. The van der Waals surface area contributed by atoms with Gasteiger partial charge in [-0.05, 0) is 17.7 Å². The lowest BCUT2D eigenvalue weighted by Crippen LogP contribution is -2.32. The van der Waals surface area contributed by atoms with Crippen molar-refractivity contribution in [1.82, 2.24) is 5.32 Å². The Hall–Kier alpha value is -2.77. The third kappa shape index (κ3) is 6.24. The molecule has 1 aromatic carbocycles. The predicted octanol–water partition coefficient (Wildman–Crippen LogP) is 0.530. The number of amides is 3. The molecular weight excluding hydrogens is 266 g/mol.